The lowest BCUT2D eigenvalue weighted by molar-refractivity contribution is 0.0921. The highest BCUT2D eigenvalue weighted by molar-refractivity contribution is 6.30. The van der Waals surface area contributed by atoms with E-state index in [1.807, 2.05) is 30.3 Å². The van der Waals surface area contributed by atoms with E-state index in [4.69, 9.17) is 21.8 Å². The van der Waals surface area contributed by atoms with E-state index in [0.29, 0.717) is 35.7 Å². The number of rotatable bonds is 11. The van der Waals surface area contributed by atoms with Gasteiger partial charge in [-0.2, -0.15) is 0 Å². The van der Waals surface area contributed by atoms with Gasteiger partial charge in [-0.25, -0.2) is 0 Å². The lowest BCUT2D eigenvalue weighted by Gasteiger charge is -2.29. The van der Waals surface area contributed by atoms with E-state index >= 15 is 0 Å². The topological polar surface area (TPSA) is 83.5 Å². The van der Waals surface area contributed by atoms with Crippen LogP contribution in [0, 0.1) is 0 Å². The fraction of sp³-hybridized carbons (Fsp3) is 0.324. The van der Waals surface area contributed by atoms with Crippen LogP contribution in [-0.4, -0.2) is 55.6 Å². The van der Waals surface area contributed by atoms with Crippen molar-refractivity contribution in [1.29, 1.82) is 0 Å². The van der Waals surface area contributed by atoms with Gasteiger partial charge in [-0.3, -0.25) is 4.79 Å². The summed E-state index contributed by atoms with van der Waals surface area (Å²) in [4.78, 5) is 15.5. The van der Waals surface area contributed by atoms with Gasteiger partial charge in [0.1, 0.15) is 5.76 Å². The van der Waals surface area contributed by atoms with Gasteiger partial charge in [0.15, 0.2) is 5.76 Å². The van der Waals surface area contributed by atoms with E-state index in [2.05, 4.69) is 76.2 Å². The molecule has 1 fully saturated rings. The molecule has 0 saturated carbocycles. The van der Waals surface area contributed by atoms with E-state index < -0.39 is 0 Å². The number of nitrogens with one attached hydrogen (secondary N) is 2. The normalized spacial score (nSPS) is 17.8. The van der Waals surface area contributed by atoms with Crippen molar-refractivity contribution in [2.75, 3.05) is 32.7 Å². The maximum atomic E-state index is 13.0. The standard InChI is InChI=1S/C34H39ClN4O2/c35-28-15-13-27(14-16-28)32-17-18-33(41-32)34(40)37-22-29-19-21-39(23-30(38-29)12-7-20-36)24-31(25-8-3-1-4-9-25)26-10-5-2-6-11-26/h1-6,8-11,13-18,29-31,38H,7,12,19-24,36H2,(H,37,40). The summed E-state index contributed by atoms with van der Waals surface area (Å²) in [6.45, 7) is 4.04. The Balaban J connectivity index is 1.23. The molecule has 4 aromatic rings. The van der Waals surface area contributed by atoms with Crippen LogP contribution in [0.2, 0.25) is 5.02 Å². The summed E-state index contributed by atoms with van der Waals surface area (Å²) in [6, 6.07) is 32.9. The molecule has 1 amide bonds. The highest BCUT2D eigenvalue weighted by atomic mass is 35.5. The molecule has 7 heteroatoms. The van der Waals surface area contributed by atoms with Gasteiger partial charge < -0.3 is 25.7 Å². The number of nitrogens with two attached hydrogens (primary N) is 1. The Morgan fingerprint density at radius 1 is 0.951 bits per heavy atom. The highest BCUT2D eigenvalue weighted by Crippen LogP contribution is 2.27. The highest BCUT2D eigenvalue weighted by Gasteiger charge is 2.27. The van der Waals surface area contributed by atoms with E-state index in [1.54, 1.807) is 6.07 Å². The van der Waals surface area contributed by atoms with E-state index in [-0.39, 0.29) is 17.9 Å². The molecular formula is C34H39ClN4O2. The Labute approximate surface area is 247 Å². The quantitative estimate of drug-likeness (QED) is 0.208. The van der Waals surface area contributed by atoms with Crippen molar-refractivity contribution in [1.82, 2.24) is 15.5 Å². The largest absolute Gasteiger partial charge is 0.451 e. The summed E-state index contributed by atoms with van der Waals surface area (Å²) in [5, 5.41) is 7.58. The molecule has 41 heavy (non-hydrogen) atoms. The predicted molar refractivity (Wildman–Crippen MR) is 166 cm³/mol. The van der Waals surface area contributed by atoms with Crippen molar-refractivity contribution in [3.8, 4) is 11.3 Å². The van der Waals surface area contributed by atoms with Crippen molar-refractivity contribution >= 4 is 17.5 Å². The molecule has 4 N–H and O–H groups in total. The van der Waals surface area contributed by atoms with Crippen molar-refractivity contribution < 1.29 is 9.21 Å². The molecule has 0 spiro atoms. The number of furan rings is 1. The van der Waals surface area contributed by atoms with Gasteiger partial charge in [0.05, 0.1) is 0 Å². The molecular weight excluding hydrogens is 532 g/mol. The molecule has 5 rings (SSSR count). The molecule has 6 nitrogen and oxygen atoms in total. The third kappa shape index (κ3) is 8.08. The fourth-order valence-electron chi connectivity index (χ4n) is 5.64. The first-order chi connectivity index (χ1) is 20.1. The monoisotopic (exact) mass is 570 g/mol. The third-order valence-corrected chi connectivity index (χ3v) is 8.06. The first-order valence-corrected chi connectivity index (χ1v) is 14.9. The van der Waals surface area contributed by atoms with E-state index in [1.165, 1.54) is 11.1 Å². The number of hydrogen-bond donors (Lipinski definition) is 3. The lowest BCUT2D eigenvalue weighted by Crippen LogP contribution is -2.46. The summed E-state index contributed by atoms with van der Waals surface area (Å²) < 4.78 is 5.86. The Bertz CT molecular complexity index is 1320. The number of amides is 1. The number of hydrogen-bond acceptors (Lipinski definition) is 5. The Kier molecular flexibility index (Phi) is 10.3. The maximum absolute atomic E-state index is 13.0. The molecule has 1 saturated heterocycles. The molecule has 2 atom stereocenters. The SMILES string of the molecule is NCCCC1CN(CC(c2ccccc2)c2ccccc2)CCC(CNC(=O)c2ccc(-c3ccc(Cl)cc3)o2)N1. The zero-order valence-electron chi connectivity index (χ0n) is 23.3. The molecule has 0 radical (unpaired) electrons. The molecule has 1 aliphatic rings. The van der Waals surface area contributed by atoms with Crippen LogP contribution in [-0.2, 0) is 0 Å². The Morgan fingerprint density at radius 2 is 1.63 bits per heavy atom. The van der Waals surface area contributed by atoms with Crippen molar-refractivity contribution in [2.45, 2.75) is 37.3 Å². The lowest BCUT2D eigenvalue weighted by atomic mass is 9.90. The fourth-order valence-corrected chi connectivity index (χ4v) is 5.77. The number of carbonyl (C=O) groups is 1. The van der Waals surface area contributed by atoms with E-state index in [9.17, 15) is 4.79 Å². The minimum Gasteiger partial charge on any atom is -0.451 e. The molecule has 0 bridgehead atoms. The van der Waals surface area contributed by atoms with Gasteiger partial charge in [-0.1, -0.05) is 72.3 Å². The van der Waals surface area contributed by atoms with Crippen LogP contribution in [0.25, 0.3) is 11.3 Å². The summed E-state index contributed by atoms with van der Waals surface area (Å²) >= 11 is 6.00. The summed E-state index contributed by atoms with van der Waals surface area (Å²) in [7, 11) is 0. The Morgan fingerprint density at radius 3 is 2.29 bits per heavy atom. The molecule has 214 valence electrons. The number of carbonyl (C=O) groups excluding carboxylic acids is 1. The Hall–Kier alpha value is -3.42. The maximum Gasteiger partial charge on any atom is 0.287 e. The molecule has 0 aliphatic carbocycles. The van der Waals surface area contributed by atoms with Crippen molar-refractivity contribution in [3.63, 3.8) is 0 Å². The number of halogens is 1. The van der Waals surface area contributed by atoms with Gasteiger partial charge >= 0.3 is 0 Å². The van der Waals surface area contributed by atoms with Crippen molar-refractivity contribution in [3.05, 3.63) is 119 Å². The molecule has 2 heterocycles. The van der Waals surface area contributed by atoms with Gasteiger partial charge in [0.2, 0.25) is 0 Å². The average Bonchev–Trinajstić information content (AvgIpc) is 3.42. The van der Waals surface area contributed by atoms with Gasteiger partial charge in [-0.05, 0) is 79.9 Å². The summed E-state index contributed by atoms with van der Waals surface area (Å²) in [5.41, 5.74) is 9.42. The molecule has 2 unspecified atom stereocenters. The predicted octanol–water partition coefficient (Wildman–Crippen LogP) is 5.93. The average molecular weight is 571 g/mol. The molecule has 3 aromatic carbocycles. The first kappa shape index (κ1) is 29.1. The number of nitrogens with zero attached hydrogens (tertiary/aromatic N) is 1. The van der Waals surface area contributed by atoms with Crippen LogP contribution in [0.1, 0.15) is 46.9 Å². The van der Waals surface area contributed by atoms with Crippen molar-refractivity contribution in [2.24, 2.45) is 5.73 Å². The summed E-state index contributed by atoms with van der Waals surface area (Å²) in [6.07, 6.45) is 2.90. The second-order valence-electron chi connectivity index (χ2n) is 10.8. The van der Waals surface area contributed by atoms with Crippen LogP contribution in [0.15, 0.2) is 101 Å². The van der Waals surface area contributed by atoms with E-state index in [0.717, 1.165) is 44.5 Å². The van der Waals surface area contributed by atoms with Crippen LogP contribution >= 0.6 is 11.6 Å². The van der Waals surface area contributed by atoms with Crippen LogP contribution in [0.5, 0.6) is 0 Å². The second kappa shape index (κ2) is 14.5. The minimum absolute atomic E-state index is 0.157. The zero-order valence-corrected chi connectivity index (χ0v) is 24.1. The first-order valence-electron chi connectivity index (χ1n) is 14.5. The molecule has 1 aromatic heterocycles. The third-order valence-electron chi connectivity index (χ3n) is 7.81. The van der Waals surface area contributed by atoms with Crippen LogP contribution in [0.4, 0.5) is 0 Å². The van der Waals surface area contributed by atoms with Gasteiger partial charge in [0, 0.05) is 48.2 Å². The minimum atomic E-state index is -0.208. The number of benzene rings is 3. The smallest absolute Gasteiger partial charge is 0.287 e. The summed E-state index contributed by atoms with van der Waals surface area (Å²) in [5.74, 6) is 1.03. The van der Waals surface area contributed by atoms with Crippen LogP contribution in [0.3, 0.4) is 0 Å². The second-order valence-corrected chi connectivity index (χ2v) is 11.2. The van der Waals surface area contributed by atoms with Gasteiger partial charge in [0.25, 0.3) is 5.91 Å². The zero-order chi connectivity index (χ0) is 28.4. The molecule has 1 aliphatic heterocycles. The van der Waals surface area contributed by atoms with Gasteiger partial charge in [-0.15, -0.1) is 0 Å². The van der Waals surface area contributed by atoms with Crippen LogP contribution < -0.4 is 16.4 Å².